The summed E-state index contributed by atoms with van der Waals surface area (Å²) in [4.78, 5) is 2.68. The largest absolute Gasteiger partial charge is 0.309 e. The SMILES string of the molecule is CC1(C)c2ccccc2-c2c(N(c3ccc4c(c3)C3(c5ccccc5-c5ccccc53)c3ccccc3-4)c3cc4ccccc4c4c3-c3ccccc3C4(C)C)cc3ccccc3c21. The molecule has 0 saturated heterocycles. The molecule has 0 saturated carbocycles. The topological polar surface area (TPSA) is 3.24 Å². The molecule has 0 N–H and O–H groups in total. The lowest BCUT2D eigenvalue weighted by molar-refractivity contribution is 0.666. The van der Waals surface area contributed by atoms with E-state index in [4.69, 9.17) is 0 Å². The van der Waals surface area contributed by atoms with Crippen molar-refractivity contribution in [1.82, 2.24) is 0 Å². The van der Waals surface area contributed by atoms with Crippen LogP contribution in [0.3, 0.4) is 0 Å². The third-order valence-corrected chi connectivity index (χ3v) is 15.8. The first-order chi connectivity index (χ1) is 31.3. The van der Waals surface area contributed by atoms with Crippen molar-refractivity contribution in [3.63, 3.8) is 0 Å². The molecule has 0 aliphatic heterocycles. The molecule has 0 unspecified atom stereocenters. The van der Waals surface area contributed by atoms with E-state index in [1.54, 1.807) is 0 Å². The Morgan fingerprint density at radius 1 is 0.312 bits per heavy atom. The van der Waals surface area contributed by atoms with Crippen LogP contribution in [-0.4, -0.2) is 0 Å². The average molecular weight is 816 g/mol. The maximum atomic E-state index is 2.68. The molecule has 1 heteroatoms. The highest BCUT2D eigenvalue weighted by atomic mass is 15.2. The van der Waals surface area contributed by atoms with Gasteiger partial charge in [-0.3, -0.25) is 0 Å². The third-order valence-electron chi connectivity index (χ3n) is 15.8. The van der Waals surface area contributed by atoms with Crippen LogP contribution in [0.4, 0.5) is 17.1 Å². The van der Waals surface area contributed by atoms with Crippen LogP contribution in [-0.2, 0) is 16.2 Å². The summed E-state index contributed by atoms with van der Waals surface area (Å²) in [5.74, 6) is 0. The number of fused-ring (bicyclic) bond motifs is 20. The van der Waals surface area contributed by atoms with E-state index in [1.807, 2.05) is 0 Å². The van der Waals surface area contributed by atoms with Crippen LogP contribution in [0.15, 0.2) is 200 Å². The van der Waals surface area contributed by atoms with Gasteiger partial charge in [-0.2, -0.15) is 0 Å². The Morgan fingerprint density at radius 2 is 0.672 bits per heavy atom. The molecule has 4 aliphatic rings. The molecule has 0 bridgehead atoms. The van der Waals surface area contributed by atoms with Crippen LogP contribution in [0.1, 0.15) is 72.2 Å². The molecule has 0 heterocycles. The standard InChI is InChI=1S/C63H45N/c1-61(2)49-28-14-12-26-47(49)57-55(35-38-19-5-7-21-41(38)59(57)61)64(56-36-39-20-6-8-22-42(39)60-58(56)48-27-13-15-29-50(48)62(60,3)4)40-33-34-46-45-25-11-18-32-53(45)63(54(46)37-40)51-30-16-9-23-43(51)44-24-10-17-31-52(44)63/h5-37H,1-4H3. The number of hydrogen-bond donors (Lipinski definition) is 0. The monoisotopic (exact) mass is 815 g/mol. The fourth-order valence-electron chi connectivity index (χ4n) is 13.3. The summed E-state index contributed by atoms with van der Waals surface area (Å²) in [6.07, 6.45) is 0. The summed E-state index contributed by atoms with van der Waals surface area (Å²) in [6.45, 7) is 9.71. The third kappa shape index (κ3) is 4.30. The molecule has 14 rings (SSSR count). The number of benzene rings is 10. The molecule has 302 valence electrons. The van der Waals surface area contributed by atoms with Crippen molar-refractivity contribution >= 4 is 38.6 Å². The minimum atomic E-state index is -0.472. The summed E-state index contributed by atoms with van der Waals surface area (Å²) in [5, 5.41) is 5.15. The Balaban J connectivity index is 1.16. The molecule has 10 aromatic rings. The molecule has 4 aliphatic carbocycles. The van der Waals surface area contributed by atoms with E-state index < -0.39 is 5.41 Å². The predicted molar refractivity (Wildman–Crippen MR) is 268 cm³/mol. The number of nitrogens with zero attached hydrogens (tertiary/aromatic N) is 1. The summed E-state index contributed by atoms with van der Waals surface area (Å²) < 4.78 is 0. The Labute approximate surface area is 374 Å². The van der Waals surface area contributed by atoms with Gasteiger partial charge < -0.3 is 4.90 Å². The van der Waals surface area contributed by atoms with E-state index in [-0.39, 0.29) is 10.8 Å². The first-order valence-corrected chi connectivity index (χ1v) is 22.9. The zero-order valence-corrected chi connectivity index (χ0v) is 36.5. The second-order valence-electron chi connectivity index (χ2n) is 19.5. The molecular weight excluding hydrogens is 771 g/mol. The van der Waals surface area contributed by atoms with Gasteiger partial charge in [0.2, 0.25) is 0 Å². The van der Waals surface area contributed by atoms with E-state index >= 15 is 0 Å². The van der Waals surface area contributed by atoms with Gasteiger partial charge in [-0.15, -0.1) is 0 Å². The van der Waals surface area contributed by atoms with E-state index in [1.165, 1.54) is 122 Å². The van der Waals surface area contributed by atoms with Gasteiger partial charge in [-0.1, -0.05) is 204 Å². The van der Waals surface area contributed by atoms with Crippen LogP contribution in [0.5, 0.6) is 0 Å². The van der Waals surface area contributed by atoms with E-state index in [0.29, 0.717) is 0 Å². The van der Waals surface area contributed by atoms with Gasteiger partial charge in [-0.25, -0.2) is 0 Å². The fraction of sp³-hybridized carbons (Fsp3) is 0.111. The highest BCUT2D eigenvalue weighted by molar-refractivity contribution is 6.11. The maximum absolute atomic E-state index is 2.68. The van der Waals surface area contributed by atoms with Crippen molar-refractivity contribution in [2.45, 2.75) is 43.9 Å². The Morgan fingerprint density at radius 3 is 1.12 bits per heavy atom. The Bertz CT molecular complexity index is 3480. The number of rotatable bonds is 3. The molecule has 0 radical (unpaired) electrons. The van der Waals surface area contributed by atoms with Gasteiger partial charge in [0.15, 0.2) is 0 Å². The lowest BCUT2D eigenvalue weighted by atomic mass is 9.70. The van der Waals surface area contributed by atoms with Crippen molar-refractivity contribution < 1.29 is 0 Å². The maximum Gasteiger partial charge on any atom is 0.0726 e. The molecule has 0 aromatic heterocycles. The van der Waals surface area contributed by atoms with Crippen LogP contribution in [0.2, 0.25) is 0 Å². The molecular formula is C63H45N. The van der Waals surface area contributed by atoms with Gasteiger partial charge in [0.25, 0.3) is 0 Å². The number of anilines is 3. The van der Waals surface area contributed by atoms with E-state index in [9.17, 15) is 0 Å². The first kappa shape index (κ1) is 36.0. The lowest BCUT2D eigenvalue weighted by Crippen LogP contribution is -2.26. The van der Waals surface area contributed by atoms with E-state index in [0.717, 1.165) is 5.69 Å². The second kappa shape index (κ2) is 12.4. The fourth-order valence-corrected chi connectivity index (χ4v) is 13.3. The summed E-state index contributed by atoms with van der Waals surface area (Å²) in [5.41, 5.74) is 24.2. The molecule has 1 spiro atoms. The molecule has 1 nitrogen and oxygen atoms in total. The van der Waals surface area contributed by atoms with Crippen molar-refractivity contribution in [3.8, 4) is 44.5 Å². The second-order valence-corrected chi connectivity index (χ2v) is 19.5. The highest BCUT2D eigenvalue weighted by Crippen LogP contribution is 2.65. The quantitative estimate of drug-likeness (QED) is 0.172. The van der Waals surface area contributed by atoms with Crippen molar-refractivity contribution in [3.05, 3.63) is 245 Å². The molecule has 64 heavy (non-hydrogen) atoms. The Kier molecular flexibility index (Phi) is 6.97. The average Bonchev–Trinajstić information content (AvgIpc) is 3.97. The summed E-state index contributed by atoms with van der Waals surface area (Å²) in [7, 11) is 0. The van der Waals surface area contributed by atoms with Gasteiger partial charge in [0, 0.05) is 27.6 Å². The van der Waals surface area contributed by atoms with Crippen molar-refractivity contribution in [2.24, 2.45) is 0 Å². The summed E-state index contributed by atoms with van der Waals surface area (Å²) in [6, 6.07) is 76.4. The number of hydrogen-bond acceptors (Lipinski definition) is 1. The smallest absolute Gasteiger partial charge is 0.0726 e. The minimum absolute atomic E-state index is 0.214. The minimum Gasteiger partial charge on any atom is -0.309 e. The van der Waals surface area contributed by atoms with Gasteiger partial charge in [0.1, 0.15) is 0 Å². The van der Waals surface area contributed by atoms with Gasteiger partial charge in [-0.05, 0) is 124 Å². The zero-order chi connectivity index (χ0) is 42.7. The highest BCUT2D eigenvalue weighted by Gasteiger charge is 2.52. The normalized spacial score (nSPS) is 15.6. The van der Waals surface area contributed by atoms with Gasteiger partial charge >= 0.3 is 0 Å². The Hall–Kier alpha value is -7.48. The van der Waals surface area contributed by atoms with Gasteiger partial charge in [0.05, 0.1) is 16.8 Å². The molecule has 0 atom stereocenters. The van der Waals surface area contributed by atoms with Crippen LogP contribution in [0, 0.1) is 0 Å². The zero-order valence-electron chi connectivity index (χ0n) is 36.5. The molecule has 0 fully saturated rings. The first-order valence-electron chi connectivity index (χ1n) is 22.9. The summed E-state index contributed by atoms with van der Waals surface area (Å²) >= 11 is 0. The van der Waals surface area contributed by atoms with Crippen molar-refractivity contribution in [2.75, 3.05) is 4.90 Å². The molecule has 10 aromatic carbocycles. The van der Waals surface area contributed by atoms with Crippen LogP contribution in [0.25, 0.3) is 66.1 Å². The predicted octanol–water partition coefficient (Wildman–Crippen LogP) is 16.4. The van der Waals surface area contributed by atoms with E-state index in [2.05, 4.69) is 233 Å². The molecule has 0 amide bonds. The van der Waals surface area contributed by atoms with Crippen molar-refractivity contribution in [1.29, 1.82) is 0 Å². The van der Waals surface area contributed by atoms with Crippen LogP contribution < -0.4 is 4.90 Å². The van der Waals surface area contributed by atoms with Crippen LogP contribution >= 0.6 is 0 Å². The lowest BCUT2D eigenvalue weighted by Gasteiger charge is -2.34.